The molecule has 110 valence electrons. The molecule has 1 aromatic carbocycles. The molecule has 2 aliphatic rings. The summed E-state index contributed by atoms with van der Waals surface area (Å²) < 4.78 is 0. The lowest BCUT2D eigenvalue weighted by atomic mass is 9.79. The summed E-state index contributed by atoms with van der Waals surface area (Å²) in [5.41, 5.74) is 2.34. The van der Waals surface area contributed by atoms with Crippen LogP contribution in [0.15, 0.2) is 24.3 Å². The van der Waals surface area contributed by atoms with Crippen molar-refractivity contribution in [3.63, 3.8) is 0 Å². The van der Waals surface area contributed by atoms with E-state index in [2.05, 4.69) is 36.5 Å². The second-order valence-electron chi connectivity index (χ2n) is 7.03. The van der Waals surface area contributed by atoms with Crippen molar-refractivity contribution in [1.82, 2.24) is 5.32 Å². The summed E-state index contributed by atoms with van der Waals surface area (Å²) >= 11 is 0. The number of benzene rings is 1. The van der Waals surface area contributed by atoms with E-state index >= 15 is 0 Å². The highest BCUT2D eigenvalue weighted by Crippen LogP contribution is 2.39. The monoisotopic (exact) mass is 273 g/mol. The minimum atomic E-state index is -0.472. The predicted molar refractivity (Wildman–Crippen MR) is 82.7 cm³/mol. The lowest BCUT2D eigenvalue weighted by molar-refractivity contribution is -0.00630. The molecular formula is C18H27NO. The molecule has 0 aromatic heterocycles. The Morgan fingerprint density at radius 1 is 1.10 bits per heavy atom. The Morgan fingerprint density at radius 2 is 1.75 bits per heavy atom. The van der Waals surface area contributed by atoms with Gasteiger partial charge in [-0.3, -0.25) is 0 Å². The second-order valence-corrected chi connectivity index (χ2v) is 7.03. The van der Waals surface area contributed by atoms with Crippen molar-refractivity contribution in [1.29, 1.82) is 0 Å². The molecule has 0 aliphatic heterocycles. The highest BCUT2D eigenvalue weighted by Gasteiger charge is 2.31. The maximum Gasteiger partial charge on any atom is 0.0771 e. The van der Waals surface area contributed by atoms with Crippen LogP contribution in [0.2, 0.25) is 0 Å². The van der Waals surface area contributed by atoms with Crippen molar-refractivity contribution in [2.45, 2.75) is 63.5 Å². The van der Waals surface area contributed by atoms with Gasteiger partial charge in [0.2, 0.25) is 0 Å². The molecule has 0 saturated heterocycles. The van der Waals surface area contributed by atoms with Crippen LogP contribution in [-0.4, -0.2) is 17.3 Å². The first-order chi connectivity index (χ1) is 9.65. The van der Waals surface area contributed by atoms with E-state index in [9.17, 15) is 5.11 Å². The topological polar surface area (TPSA) is 32.3 Å². The first-order valence-electron chi connectivity index (χ1n) is 8.17. The Morgan fingerprint density at radius 3 is 2.35 bits per heavy atom. The van der Waals surface area contributed by atoms with E-state index in [-0.39, 0.29) is 0 Å². The van der Waals surface area contributed by atoms with Crippen LogP contribution < -0.4 is 5.32 Å². The summed E-state index contributed by atoms with van der Waals surface area (Å²) in [5.74, 6) is 1.62. The van der Waals surface area contributed by atoms with Crippen molar-refractivity contribution in [3.05, 3.63) is 35.4 Å². The highest BCUT2D eigenvalue weighted by atomic mass is 16.3. The third-order valence-electron chi connectivity index (χ3n) is 5.02. The van der Waals surface area contributed by atoms with Gasteiger partial charge in [-0.05, 0) is 61.5 Å². The average molecular weight is 273 g/mol. The zero-order chi connectivity index (χ0) is 14.0. The molecule has 2 heteroatoms. The third kappa shape index (κ3) is 3.62. The molecule has 2 aliphatic carbocycles. The molecule has 2 fully saturated rings. The summed E-state index contributed by atoms with van der Waals surface area (Å²) in [6, 6.07) is 9.00. The number of rotatable bonds is 5. The molecule has 0 bridgehead atoms. The van der Waals surface area contributed by atoms with Gasteiger partial charge in [-0.1, -0.05) is 31.2 Å². The van der Waals surface area contributed by atoms with Crippen molar-refractivity contribution < 1.29 is 5.11 Å². The Kier molecular flexibility index (Phi) is 4.13. The molecule has 0 heterocycles. The van der Waals surface area contributed by atoms with Crippen molar-refractivity contribution >= 4 is 0 Å². The molecule has 3 rings (SSSR count). The fourth-order valence-corrected chi connectivity index (χ4v) is 3.24. The molecule has 0 radical (unpaired) electrons. The Labute approximate surface area is 122 Å². The molecule has 0 spiro atoms. The first-order valence-corrected chi connectivity index (χ1v) is 8.17. The summed E-state index contributed by atoms with van der Waals surface area (Å²) in [4.78, 5) is 0. The minimum Gasteiger partial charge on any atom is -0.389 e. The smallest absolute Gasteiger partial charge is 0.0771 e. The molecule has 2 saturated carbocycles. The van der Waals surface area contributed by atoms with E-state index in [1.165, 1.54) is 24.0 Å². The summed E-state index contributed by atoms with van der Waals surface area (Å²) in [5, 5.41) is 14.0. The maximum absolute atomic E-state index is 10.5. The normalized spacial score (nSPS) is 30.4. The molecule has 20 heavy (non-hydrogen) atoms. The van der Waals surface area contributed by atoms with Gasteiger partial charge in [0.15, 0.2) is 0 Å². The zero-order valence-corrected chi connectivity index (χ0v) is 12.6. The lowest BCUT2D eigenvalue weighted by Crippen LogP contribution is -2.43. The first kappa shape index (κ1) is 14.1. The van der Waals surface area contributed by atoms with Gasteiger partial charge in [-0.15, -0.1) is 0 Å². The number of nitrogens with one attached hydrogen (secondary N) is 1. The van der Waals surface area contributed by atoms with Gasteiger partial charge in [-0.2, -0.15) is 0 Å². The van der Waals surface area contributed by atoms with Crippen LogP contribution in [0.5, 0.6) is 0 Å². The van der Waals surface area contributed by atoms with Gasteiger partial charge in [0.05, 0.1) is 5.60 Å². The Balaban J connectivity index is 1.44. The van der Waals surface area contributed by atoms with Crippen LogP contribution in [0.4, 0.5) is 0 Å². The van der Waals surface area contributed by atoms with Crippen LogP contribution in [-0.2, 0) is 6.54 Å². The van der Waals surface area contributed by atoms with Crippen molar-refractivity contribution in [3.8, 4) is 0 Å². The van der Waals surface area contributed by atoms with Gasteiger partial charge in [0.25, 0.3) is 0 Å². The zero-order valence-electron chi connectivity index (χ0n) is 12.6. The standard InChI is InChI=1S/C18H27NO/c1-14-8-10-18(20,11-9-14)13-19-12-15-2-4-16(5-3-15)17-6-7-17/h2-5,14,17,19-20H,6-13H2,1H3. The fraction of sp³-hybridized carbons (Fsp3) is 0.667. The molecule has 2 N–H and O–H groups in total. The molecule has 1 aromatic rings. The van der Waals surface area contributed by atoms with Crippen LogP contribution in [0, 0.1) is 5.92 Å². The highest BCUT2D eigenvalue weighted by molar-refractivity contribution is 5.27. The van der Waals surface area contributed by atoms with Gasteiger partial charge in [0, 0.05) is 13.1 Å². The maximum atomic E-state index is 10.5. The van der Waals surface area contributed by atoms with Crippen LogP contribution in [0.1, 0.15) is 62.5 Å². The van der Waals surface area contributed by atoms with Gasteiger partial charge in [0.1, 0.15) is 0 Å². The number of hydrogen-bond donors (Lipinski definition) is 2. The SMILES string of the molecule is CC1CCC(O)(CNCc2ccc(C3CC3)cc2)CC1. The third-order valence-corrected chi connectivity index (χ3v) is 5.02. The fourth-order valence-electron chi connectivity index (χ4n) is 3.24. The lowest BCUT2D eigenvalue weighted by Gasteiger charge is -2.35. The number of aliphatic hydroxyl groups is 1. The van der Waals surface area contributed by atoms with Crippen LogP contribution in [0.25, 0.3) is 0 Å². The van der Waals surface area contributed by atoms with E-state index in [0.717, 1.165) is 50.6 Å². The second kappa shape index (κ2) is 5.87. The molecule has 0 atom stereocenters. The average Bonchev–Trinajstić information content (AvgIpc) is 3.28. The summed E-state index contributed by atoms with van der Waals surface area (Å²) in [6.07, 6.45) is 6.94. The van der Waals surface area contributed by atoms with E-state index < -0.39 is 5.60 Å². The number of hydrogen-bond acceptors (Lipinski definition) is 2. The van der Waals surface area contributed by atoms with E-state index in [1.807, 2.05) is 0 Å². The van der Waals surface area contributed by atoms with Crippen LogP contribution in [0.3, 0.4) is 0 Å². The molecule has 0 amide bonds. The van der Waals surface area contributed by atoms with Gasteiger partial charge in [-0.25, -0.2) is 0 Å². The van der Waals surface area contributed by atoms with Gasteiger partial charge < -0.3 is 10.4 Å². The predicted octanol–water partition coefficient (Wildman–Crippen LogP) is 3.59. The quantitative estimate of drug-likeness (QED) is 0.859. The Bertz CT molecular complexity index is 427. The van der Waals surface area contributed by atoms with Gasteiger partial charge >= 0.3 is 0 Å². The van der Waals surface area contributed by atoms with Crippen LogP contribution >= 0.6 is 0 Å². The minimum absolute atomic E-state index is 0.472. The molecule has 0 unspecified atom stereocenters. The summed E-state index contributed by atoms with van der Waals surface area (Å²) in [6.45, 7) is 3.88. The molecular weight excluding hydrogens is 246 g/mol. The molecule has 2 nitrogen and oxygen atoms in total. The van der Waals surface area contributed by atoms with E-state index in [0.29, 0.717) is 0 Å². The van der Waals surface area contributed by atoms with Crippen molar-refractivity contribution in [2.75, 3.05) is 6.54 Å². The van der Waals surface area contributed by atoms with Crippen molar-refractivity contribution in [2.24, 2.45) is 5.92 Å². The van der Waals surface area contributed by atoms with E-state index in [1.54, 1.807) is 0 Å². The summed E-state index contributed by atoms with van der Waals surface area (Å²) in [7, 11) is 0. The Hall–Kier alpha value is -0.860. The van der Waals surface area contributed by atoms with E-state index in [4.69, 9.17) is 0 Å². The largest absolute Gasteiger partial charge is 0.389 e.